The van der Waals surface area contributed by atoms with E-state index in [4.69, 9.17) is 18.9 Å². The van der Waals surface area contributed by atoms with Gasteiger partial charge in [-0.15, -0.1) is 0 Å². The molecule has 1 fully saturated rings. The lowest BCUT2D eigenvalue weighted by molar-refractivity contribution is 0.0672. The third kappa shape index (κ3) is 6.13. The SMILES string of the molecule is COc1cc2ncnc(N3CC[C@@H](C(C)CN4C=CC(C)=NS4(=O)=O)[C@H](O[Si](C)(C)C(C)(C)C)C3)c2cc1OC. The molecule has 0 radical (unpaired) electrons. The number of hydrogen-bond donors (Lipinski definition) is 0. The molecule has 1 unspecified atom stereocenters. The van der Waals surface area contributed by atoms with Gasteiger partial charge in [0.1, 0.15) is 12.1 Å². The van der Waals surface area contributed by atoms with Gasteiger partial charge in [-0.25, -0.2) is 9.97 Å². The number of nitrogens with zero attached hydrogens (tertiary/aromatic N) is 5. The van der Waals surface area contributed by atoms with Crippen molar-refractivity contribution in [2.75, 3.05) is 38.8 Å². The van der Waals surface area contributed by atoms with Crippen LogP contribution in [0.15, 0.2) is 35.1 Å². The summed E-state index contributed by atoms with van der Waals surface area (Å²) in [5, 5.41) is 0.912. The highest BCUT2D eigenvalue weighted by Gasteiger charge is 2.44. The molecule has 40 heavy (non-hydrogen) atoms. The normalized spacial score (nSPS) is 22.3. The summed E-state index contributed by atoms with van der Waals surface area (Å²) < 4.78 is 48.8. The second-order valence-corrected chi connectivity index (χ2v) is 18.6. The van der Waals surface area contributed by atoms with E-state index in [-0.39, 0.29) is 23.0 Å². The van der Waals surface area contributed by atoms with Crippen molar-refractivity contribution in [3.63, 3.8) is 0 Å². The van der Waals surface area contributed by atoms with E-state index in [1.165, 1.54) is 4.31 Å². The number of benzene rings is 1. The average Bonchev–Trinajstić information content (AvgIpc) is 2.87. The number of ether oxygens (including phenoxy) is 2. The molecular weight excluding hydrogens is 546 g/mol. The zero-order chi connectivity index (χ0) is 29.5. The standard InChI is InChI=1S/C28H43N5O5SSi/c1-19(16-33-13-10-20(2)31-39(33,34)35)21-11-12-32(17-26(21)38-40(8,9)28(3,4)5)27-22-14-24(36-6)25(37-7)15-23(22)29-18-30-27/h10,13-15,18-19,21,26H,11-12,16-17H2,1-9H3/t19?,21-,26+/m0/s1. The van der Waals surface area contributed by atoms with Crippen LogP contribution in [-0.4, -0.2) is 76.7 Å². The molecule has 1 saturated heterocycles. The maximum absolute atomic E-state index is 12.7. The summed E-state index contributed by atoms with van der Waals surface area (Å²) in [5.74, 6) is 2.28. The average molecular weight is 590 g/mol. The van der Waals surface area contributed by atoms with Crippen LogP contribution < -0.4 is 14.4 Å². The van der Waals surface area contributed by atoms with Gasteiger partial charge in [0.05, 0.1) is 31.6 Å². The van der Waals surface area contributed by atoms with Crippen LogP contribution in [0.2, 0.25) is 18.1 Å². The van der Waals surface area contributed by atoms with E-state index in [0.717, 1.165) is 29.7 Å². The Hall–Kier alpha value is -2.70. The minimum atomic E-state index is -3.72. The van der Waals surface area contributed by atoms with Crippen molar-refractivity contribution >= 4 is 41.0 Å². The van der Waals surface area contributed by atoms with E-state index >= 15 is 0 Å². The first-order valence-corrected chi connectivity index (χ1v) is 18.0. The largest absolute Gasteiger partial charge is 0.493 e. The topological polar surface area (TPSA) is 106 Å². The van der Waals surface area contributed by atoms with Crippen molar-refractivity contribution < 1.29 is 22.3 Å². The Bertz CT molecular complexity index is 1410. The van der Waals surface area contributed by atoms with Crippen LogP contribution in [0.25, 0.3) is 10.9 Å². The molecule has 4 rings (SSSR count). The molecule has 0 N–H and O–H groups in total. The molecule has 2 aliphatic heterocycles. The lowest BCUT2D eigenvalue weighted by Crippen LogP contribution is -2.54. The van der Waals surface area contributed by atoms with Gasteiger partial charge in [-0.1, -0.05) is 27.7 Å². The first-order chi connectivity index (χ1) is 18.7. The van der Waals surface area contributed by atoms with Crippen molar-refractivity contribution in [2.24, 2.45) is 16.2 Å². The van der Waals surface area contributed by atoms with Crippen molar-refractivity contribution in [1.82, 2.24) is 14.3 Å². The Morgan fingerprint density at radius 1 is 1.12 bits per heavy atom. The van der Waals surface area contributed by atoms with Crippen molar-refractivity contribution in [3.8, 4) is 11.5 Å². The summed E-state index contributed by atoms with van der Waals surface area (Å²) in [4.78, 5) is 11.4. The number of allylic oxidation sites excluding steroid dienone is 1. The monoisotopic (exact) mass is 589 g/mol. The minimum absolute atomic E-state index is 0.0276. The third-order valence-electron chi connectivity index (χ3n) is 8.52. The Morgan fingerprint density at radius 3 is 2.42 bits per heavy atom. The molecule has 2 aliphatic rings. The predicted octanol–water partition coefficient (Wildman–Crippen LogP) is 5.03. The molecule has 220 valence electrons. The third-order valence-corrected chi connectivity index (χ3v) is 14.4. The fraction of sp³-hybridized carbons (Fsp3) is 0.607. The van der Waals surface area contributed by atoms with Crippen LogP contribution in [-0.2, 0) is 14.6 Å². The minimum Gasteiger partial charge on any atom is -0.493 e. The lowest BCUT2D eigenvalue weighted by atomic mass is 9.83. The number of aromatic nitrogens is 2. The van der Waals surface area contributed by atoms with E-state index in [1.54, 1.807) is 39.7 Å². The van der Waals surface area contributed by atoms with Crippen LogP contribution >= 0.6 is 0 Å². The summed E-state index contributed by atoms with van der Waals surface area (Å²) >= 11 is 0. The molecule has 2 aromatic rings. The molecule has 10 nitrogen and oxygen atoms in total. The highest BCUT2D eigenvalue weighted by Crippen LogP contribution is 2.42. The maximum Gasteiger partial charge on any atom is 0.344 e. The number of fused-ring (bicyclic) bond motifs is 1. The summed E-state index contributed by atoms with van der Waals surface area (Å²) in [6, 6.07) is 3.80. The lowest BCUT2D eigenvalue weighted by Gasteiger charge is -2.47. The molecule has 3 atom stereocenters. The highest BCUT2D eigenvalue weighted by atomic mass is 32.2. The number of hydrogen-bond acceptors (Lipinski definition) is 8. The van der Waals surface area contributed by atoms with E-state index in [0.29, 0.717) is 30.3 Å². The predicted molar refractivity (Wildman–Crippen MR) is 162 cm³/mol. The zero-order valence-corrected chi connectivity index (χ0v) is 26.9. The van der Waals surface area contributed by atoms with Gasteiger partial charge in [-0.2, -0.15) is 12.8 Å². The van der Waals surface area contributed by atoms with Gasteiger partial charge in [0.25, 0.3) is 0 Å². The first-order valence-electron chi connectivity index (χ1n) is 13.7. The molecule has 3 heterocycles. The van der Waals surface area contributed by atoms with E-state index in [1.807, 2.05) is 12.1 Å². The van der Waals surface area contributed by atoms with Crippen LogP contribution in [0.5, 0.6) is 11.5 Å². The molecule has 0 amide bonds. The molecule has 0 saturated carbocycles. The summed E-state index contributed by atoms with van der Waals surface area (Å²) in [6.45, 7) is 16.8. The van der Waals surface area contributed by atoms with Crippen molar-refractivity contribution in [2.45, 2.75) is 65.3 Å². The first kappa shape index (κ1) is 30.3. The molecule has 1 aromatic heterocycles. The Kier molecular flexibility index (Phi) is 8.54. The number of methoxy groups -OCH3 is 2. The van der Waals surface area contributed by atoms with Gasteiger partial charge in [0, 0.05) is 37.3 Å². The maximum atomic E-state index is 12.7. The number of anilines is 1. The van der Waals surface area contributed by atoms with Gasteiger partial charge in [0.15, 0.2) is 19.8 Å². The second-order valence-electron chi connectivity index (χ2n) is 12.3. The fourth-order valence-electron chi connectivity index (χ4n) is 5.19. The van der Waals surface area contributed by atoms with Crippen LogP contribution in [0.4, 0.5) is 5.82 Å². The van der Waals surface area contributed by atoms with Gasteiger partial charge in [-0.3, -0.25) is 4.31 Å². The second kappa shape index (κ2) is 11.3. The van der Waals surface area contributed by atoms with Crippen molar-refractivity contribution in [1.29, 1.82) is 0 Å². The van der Waals surface area contributed by atoms with E-state index in [9.17, 15) is 8.42 Å². The zero-order valence-electron chi connectivity index (χ0n) is 25.1. The van der Waals surface area contributed by atoms with Crippen LogP contribution in [0.3, 0.4) is 0 Å². The molecular formula is C28H43N5O5SSi. The summed E-state index contributed by atoms with van der Waals surface area (Å²) in [7, 11) is -2.64. The molecule has 0 spiro atoms. The van der Waals surface area contributed by atoms with E-state index in [2.05, 4.69) is 55.1 Å². The highest BCUT2D eigenvalue weighted by molar-refractivity contribution is 7.88. The summed E-state index contributed by atoms with van der Waals surface area (Å²) in [6.07, 6.45) is 5.68. The number of piperidine rings is 1. The molecule has 1 aromatic carbocycles. The Labute approximate surface area is 239 Å². The van der Waals surface area contributed by atoms with Crippen molar-refractivity contribution in [3.05, 3.63) is 30.7 Å². The van der Waals surface area contributed by atoms with Gasteiger partial charge in [-0.05, 0) is 55.5 Å². The smallest absolute Gasteiger partial charge is 0.344 e. The van der Waals surface area contributed by atoms with Gasteiger partial charge >= 0.3 is 10.2 Å². The quantitative estimate of drug-likeness (QED) is 0.395. The molecule has 0 bridgehead atoms. The number of rotatable bonds is 8. The molecule has 0 aliphatic carbocycles. The van der Waals surface area contributed by atoms with Gasteiger partial charge in [0.2, 0.25) is 0 Å². The van der Waals surface area contributed by atoms with Crippen LogP contribution in [0, 0.1) is 11.8 Å². The van der Waals surface area contributed by atoms with Crippen LogP contribution in [0.1, 0.15) is 41.0 Å². The Morgan fingerprint density at radius 2 is 1.80 bits per heavy atom. The summed E-state index contributed by atoms with van der Waals surface area (Å²) in [5.41, 5.74) is 1.26. The fourth-order valence-corrected chi connectivity index (χ4v) is 7.71. The Balaban J connectivity index is 1.66. The van der Waals surface area contributed by atoms with Gasteiger partial charge < -0.3 is 18.8 Å². The van der Waals surface area contributed by atoms with E-state index < -0.39 is 18.5 Å². The molecule has 12 heteroatoms.